The molecule has 28 heavy (non-hydrogen) atoms. The second-order valence-corrected chi connectivity index (χ2v) is 7.94. The quantitative estimate of drug-likeness (QED) is 0.630. The first kappa shape index (κ1) is 22.3. The molecule has 0 spiro atoms. The molecule has 0 fully saturated rings. The fourth-order valence-electron chi connectivity index (χ4n) is 2.86. The molecule has 4 nitrogen and oxygen atoms in total. The van der Waals surface area contributed by atoms with Crippen LogP contribution in [0.1, 0.15) is 25.0 Å². The molecule has 1 unspecified atom stereocenters. The summed E-state index contributed by atoms with van der Waals surface area (Å²) in [7, 11) is 0. The molecule has 2 aromatic rings. The number of thioether (sulfide) groups is 1. The molecule has 1 atom stereocenters. The number of carbonyl (C=O) groups excluding carboxylic acids is 2. The van der Waals surface area contributed by atoms with Crippen molar-refractivity contribution in [3.63, 3.8) is 0 Å². The third-order valence-corrected chi connectivity index (χ3v) is 5.61. The minimum atomic E-state index is -0.497. The van der Waals surface area contributed by atoms with E-state index in [2.05, 4.69) is 5.32 Å². The van der Waals surface area contributed by atoms with Crippen LogP contribution in [0.25, 0.3) is 0 Å². The highest BCUT2D eigenvalue weighted by molar-refractivity contribution is 7.99. The van der Waals surface area contributed by atoms with Gasteiger partial charge in [0, 0.05) is 23.9 Å². The molecule has 1 N–H and O–H groups in total. The van der Waals surface area contributed by atoms with Crippen molar-refractivity contribution in [1.29, 1.82) is 0 Å². The summed E-state index contributed by atoms with van der Waals surface area (Å²) in [5, 5.41) is 3.51. The predicted molar refractivity (Wildman–Crippen MR) is 118 cm³/mol. The summed E-state index contributed by atoms with van der Waals surface area (Å²) >= 11 is 7.55. The van der Waals surface area contributed by atoms with Gasteiger partial charge in [-0.05, 0) is 43.5 Å². The van der Waals surface area contributed by atoms with E-state index in [9.17, 15) is 9.59 Å². The summed E-state index contributed by atoms with van der Waals surface area (Å²) in [6, 6.07) is 17.1. The van der Waals surface area contributed by atoms with Crippen LogP contribution in [0.5, 0.6) is 0 Å². The van der Waals surface area contributed by atoms with Gasteiger partial charge in [-0.15, -0.1) is 11.8 Å². The van der Waals surface area contributed by atoms with Crippen molar-refractivity contribution < 1.29 is 9.59 Å². The van der Waals surface area contributed by atoms with Gasteiger partial charge in [0.2, 0.25) is 11.8 Å². The fourth-order valence-corrected chi connectivity index (χ4v) is 3.93. The summed E-state index contributed by atoms with van der Waals surface area (Å²) in [5.74, 6) is 0.879. The number of likely N-dealkylation sites (N-methyl/N-ethyl adjacent to an activating group) is 1. The lowest BCUT2D eigenvalue weighted by molar-refractivity contribution is -0.137. The molecule has 0 saturated heterocycles. The van der Waals surface area contributed by atoms with Crippen LogP contribution in [0.15, 0.2) is 54.6 Å². The summed E-state index contributed by atoms with van der Waals surface area (Å²) in [6.45, 7) is 4.73. The Kier molecular flexibility index (Phi) is 9.38. The molecule has 0 aromatic heterocycles. The smallest absolute Gasteiger partial charge is 0.242 e. The maximum Gasteiger partial charge on any atom is 0.242 e. The molecule has 6 heteroatoms. The van der Waals surface area contributed by atoms with Gasteiger partial charge in [0.05, 0.1) is 5.75 Å². The van der Waals surface area contributed by atoms with Gasteiger partial charge in [-0.3, -0.25) is 9.59 Å². The van der Waals surface area contributed by atoms with Gasteiger partial charge in [0.25, 0.3) is 0 Å². The van der Waals surface area contributed by atoms with Crippen molar-refractivity contribution in [2.24, 2.45) is 0 Å². The second-order valence-electron chi connectivity index (χ2n) is 6.52. The summed E-state index contributed by atoms with van der Waals surface area (Å²) in [5.41, 5.74) is 2.23. The van der Waals surface area contributed by atoms with Crippen LogP contribution < -0.4 is 5.32 Å². The van der Waals surface area contributed by atoms with Crippen LogP contribution in [-0.4, -0.2) is 41.6 Å². The Bertz CT molecular complexity index is 770. The number of amides is 2. The topological polar surface area (TPSA) is 49.4 Å². The lowest BCUT2D eigenvalue weighted by Gasteiger charge is -2.28. The molecule has 0 aliphatic rings. The van der Waals surface area contributed by atoms with E-state index < -0.39 is 6.04 Å². The van der Waals surface area contributed by atoms with Crippen molar-refractivity contribution in [3.8, 4) is 0 Å². The molecule has 0 radical (unpaired) electrons. The van der Waals surface area contributed by atoms with Gasteiger partial charge < -0.3 is 10.2 Å². The van der Waals surface area contributed by atoms with Crippen LogP contribution >= 0.6 is 23.4 Å². The minimum Gasteiger partial charge on any atom is -0.355 e. The SMILES string of the molecule is CCNC(=O)C(C)N(CCc1ccccc1)C(=O)CSCc1cccc(Cl)c1. The Balaban J connectivity index is 1.97. The van der Waals surface area contributed by atoms with E-state index in [0.717, 1.165) is 17.5 Å². The molecule has 2 amide bonds. The monoisotopic (exact) mass is 418 g/mol. The fraction of sp³-hybridized carbons (Fsp3) is 0.364. The molecule has 2 rings (SSSR count). The molecule has 0 aliphatic heterocycles. The molecule has 0 saturated carbocycles. The maximum absolute atomic E-state index is 12.9. The molecule has 0 aliphatic carbocycles. The van der Waals surface area contributed by atoms with Gasteiger partial charge in [-0.2, -0.15) is 0 Å². The van der Waals surface area contributed by atoms with Crippen molar-refractivity contribution in [2.45, 2.75) is 32.1 Å². The lowest BCUT2D eigenvalue weighted by Crippen LogP contribution is -2.49. The van der Waals surface area contributed by atoms with Crippen molar-refractivity contribution >= 4 is 35.2 Å². The normalized spacial score (nSPS) is 11.7. The Labute approximate surface area is 176 Å². The van der Waals surface area contributed by atoms with E-state index in [4.69, 9.17) is 11.6 Å². The van der Waals surface area contributed by atoms with E-state index >= 15 is 0 Å². The third-order valence-electron chi connectivity index (χ3n) is 4.39. The molecular formula is C22H27ClN2O2S. The van der Waals surface area contributed by atoms with Crippen LogP contribution in [0.3, 0.4) is 0 Å². The van der Waals surface area contributed by atoms with Crippen LogP contribution in [-0.2, 0) is 21.8 Å². The van der Waals surface area contributed by atoms with Gasteiger partial charge in [-0.1, -0.05) is 54.1 Å². The maximum atomic E-state index is 12.9. The largest absolute Gasteiger partial charge is 0.355 e. The van der Waals surface area contributed by atoms with E-state index in [1.54, 1.807) is 11.8 Å². The number of halogens is 1. The molecule has 150 valence electrons. The van der Waals surface area contributed by atoms with Crippen LogP contribution in [0, 0.1) is 0 Å². The van der Waals surface area contributed by atoms with Crippen LogP contribution in [0.2, 0.25) is 5.02 Å². The zero-order chi connectivity index (χ0) is 20.4. The number of benzene rings is 2. The van der Waals surface area contributed by atoms with Crippen LogP contribution in [0.4, 0.5) is 0 Å². The highest BCUT2D eigenvalue weighted by atomic mass is 35.5. The van der Waals surface area contributed by atoms with E-state index in [1.165, 1.54) is 11.8 Å². The average molecular weight is 419 g/mol. The van der Waals surface area contributed by atoms with Gasteiger partial charge in [0.1, 0.15) is 6.04 Å². The Morgan fingerprint density at radius 1 is 1.11 bits per heavy atom. The molecule has 2 aromatic carbocycles. The lowest BCUT2D eigenvalue weighted by atomic mass is 10.1. The third kappa shape index (κ3) is 7.21. The standard InChI is InChI=1S/C22H27ClN2O2S/c1-3-24-22(27)17(2)25(13-12-18-8-5-4-6-9-18)21(26)16-28-15-19-10-7-11-20(23)14-19/h4-11,14,17H,3,12-13,15-16H2,1-2H3,(H,24,27). The average Bonchev–Trinajstić information content (AvgIpc) is 2.69. The first-order valence-corrected chi connectivity index (χ1v) is 11.0. The second kappa shape index (κ2) is 11.8. The Morgan fingerprint density at radius 2 is 1.82 bits per heavy atom. The number of rotatable bonds is 10. The van der Waals surface area contributed by atoms with Gasteiger partial charge in [-0.25, -0.2) is 0 Å². The van der Waals surface area contributed by atoms with Crippen molar-refractivity contribution in [2.75, 3.05) is 18.8 Å². The van der Waals surface area contributed by atoms with Crippen molar-refractivity contribution in [1.82, 2.24) is 10.2 Å². The Morgan fingerprint density at radius 3 is 2.50 bits per heavy atom. The zero-order valence-electron chi connectivity index (χ0n) is 16.4. The number of carbonyl (C=O) groups is 2. The van der Waals surface area contributed by atoms with Crippen molar-refractivity contribution in [3.05, 3.63) is 70.7 Å². The number of nitrogens with one attached hydrogen (secondary N) is 1. The van der Waals surface area contributed by atoms with Gasteiger partial charge >= 0.3 is 0 Å². The number of nitrogens with zero attached hydrogens (tertiary/aromatic N) is 1. The van der Waals surface area contributed by atoms with E-state index in [0.29, 0.717) is 29.6 Å². The highest BCUT2D eigenvalue weighted by Crippen LogP contribution is 2.17. The molecule has 0 heterocycles. The molecular weight excluding hydrogens is 392 g/mol. The zero-order valence-corrected chi connectivity index (χ0v) is 17.9. The minimum absolute atomic E-state index is 0.0262. The van der Waals surface area contributed by atoms with E-state index in [1.807, 2.05) is 61.5 Å². The number of hydrogen-bond donors (Lipinski definition) is 1. The first-order chi connectivity index (χ1) is 13.5. The van der Waals surface area contributed by atoms with E-state index in [-0.39, 0.29) is 11.8 Å². The summed E-state index contributed by atoms with van der Waals surface area (Å²) in [4.78, 5) is 26.9. The number of hydrogen-bond acceptors (Lipinski definition) is 3. The molecule has 0 bridgehead atoms. The summed E-state index contributed by atoms with van der Waals surface area (Å²) in [6.07, 6.45) is 0.718. The summed E-state index contributed by atoms with van der Waals surface area (Å²) < 4.78 is 0. The predicted octanol–water partition coefficient (Wildman–Crippen LogP) is 4.17. The highest BCUT2D eigenvalue weighted by Gasteiger charge is 2.25. The first-order valence-electron chi connectivity index (χ1n) is 9.44. The Hall–Kier alpha value is -1.98. The van der Waals surface area contributed by atoms with Gasteiger partial charge in [0.15, 0.2) is 0 Å².